The number of rotatable bonds is 1. The molecule has 0 spiro atoms. The third kappa shape index (κ3) is 1.23. The molecule has 0 amide bonds. The number of benzene rings is 1. The van der Waals surface area contributed by atoms with Crippen molar-refractivity contribution in [2.24, 2.45) is 0 Å². The number of aryl methyl sites for hydroxylation is 1. The highest BCUT2D eigenvalue weighted by atomic mass is 16.5. The summed E-state index contributed by atoms with van der Waals surface area (Å²) in [4.78, 5) is 4.12. The van der Waals surface area contributed by atoms with Crippen molar-refractivity contribution in [1.29, 1.82) is 0 Å². The van der Waals surface area contributed by atoms with Gasteiger partial charge in [-0.2, -0.15) is 0 Å². The fourth-order valence-electron chi connectivity index (χ4n) is 2.03. The van der Waals surface area contributed by atoms with Crippen LogP contribution in [0.15, 0.2) is 4.42 Å². The highest BCUT2D eigenvalue weighted by Gasteiger charge is 2.31. The summed E-state index contributed by atoms with van der Waals surface area (Å²) in [6.07, 6.45) is -0.225. The third-order valence-corrected chi connectivity index (χ3v) is 2.68. The Kier molecular flexibility index (Phi) is 1.89. The monoisotopic (exact) mass is 236 g/mol. The van der Waals surface area contributed by atoms with Crippen LogP contribution in [0.5, 0.6) is 17.2 Å². The van der Waals surface area contributed by atoms with Crippen molar-refractivity contribution in [2.75, 3.05) is 12.4 Å². The molecule has 2 heterocycles. The van der Waals surface area contributed by atoms with Crippen molar-refractivity contribution < 1.29 is 19.0 Å². The fraction of sp³-hybridized carbons (Fsp3) is 0.364. The number of aromatic hydroxyl groups is 1. The molecular weight excluding hydrogens is 224 g/mol. The maximum absolute atomic E-state index is 10.1. The number of methoxy groups -OCH3 is 1. The van der Waals surface area contributed by atoms with Crippen molar-refractivity contribution in [3.8, 4) is 17.2 Å². The SMILES string of the molecule is COc1c2c(c(O)c3nc(C)oc13)OC(C)N2. The van der Waals surface area contributed by atoms with Gasteiger partial charge in [0.1, 0.15) is 5.69 Å². The first-order valence-electron chi connectivity index (χ1n) is 5.25. The Labute approximate surface area is 97.2 Å². The second kappa shape index (κ2) is 3.19. The number of phenols is 1. The number of phenolic OH excluding ortho intramolecular Hbond substituents is 1. The van der Waals surface area contributed by atoms with E-state index in [1.807, 2.05) is 6.92 Å². The fourth-order valence-corrected chi connectivity index (χ4v) is 2.03. The summed E-state index contributed by atoms with van der Waals surface area (Å²) in [5.74, 6) is 1.29. The molecule has 3 rings (SSSR count). The summed E-state index contributed by atoms with van der Waals surface area (Å²) in [6, 6.07) is 0. The maximum atomic E-state index is 10.1. The minimum atomic E-state index is -0.225. The summed E-state index contributed by atoms with van der Waals surface area (Å²) >= 11 is 0. The number of hydrogen-bond acceptors (Lipinski definition) is 6. The van der Waals surface area contributed by atoms with Gasteiger partial charge in [0.2, 0.25) is 5.58 Å². The van der Waals surface area contributed by atoms with Gasteiger partial charge in [-0.3, -0.25) is 0 Å². The van der Waals surface area contributed by atoms with E-state index >= 15 is 0 Å². The van der Waals surface area contributed by atoms with Gasteiger partial charge in [-0.1, -0.05) is 0 Å². The van der Waals surface area contributed by atoms with Gasteiger partial charge < -0.3 is 24.3 Å². The molecular formula is C11H12N2O4. The molecule has 0 radical (unpaired) electrons. The van der Waals surface area contributed by atoms with Crippen LogP contribution >= 0.6 is 0 Å². The number of oxazole rings is 1. The lowest BCUT2D eigenvalue weighted by atomic mass is 10.2. The highest BCUT2D eigenvalue weighted by Crippen LogP contribution is 2.51. The Morgan fingerprint density at radius 1 is 1.47 bits per heavy atom. The predicted octanol–water partition coefficient (Wildman–Crippen LogP) is 2.00. The Morgan fingerprint density at radius 3 is 2.94 bits per heavy atom. The molecule has 0 saturated carbocycles. The van der Waals surface area contributed by atoms with Crippen molar-refractivity contribution in [3.05, 3.63) is 5.89 Å². The Morgan fingerprint density at radius 2 is 2.24 bits per heavy atom. The first-order valence-corrected chi connectivity index (χ1v) is 5.25. The van der Waals surface area contributed by atoms with Gasteiger partial charge in [0.25, 0.3) is 0 Å². The molecule has 1 aromatic heterocycles. The van der Waals surface area contributed by atoms with E-state index in [1.54, 1.807) is 6.92 Å². The second-order valence-corrected chi connectivity index (χ2v) is 3.90. The van der Waals surface area contributed by atoms with E-state index in [9.17, 15) is 5.11 Å². The number of fused-ring (bicyclic) bond motifs is 2. The topological polar surface area (TPSA) is 76.8 Å². The van der Waals surface area contributed by atoms with Gasteiger partial charge >= 0.3 is 0 Å². The average molecular weight is 236 g/mol. The van der Waals surface area contributed by atoms with Crippen LogP contribution in [0.25, 0.3) is 11.1 Å². The molecule has 0 saturated heterocycles. The molecule has 2 aromatic rings. The summed E-state index contributed by atoms with van der Waals surface area (Å²) in [5.41, 5.74) is 1.38. The number of anilines is 1. The number of ether oxygens (including phenoxy) is 2. The van der Waals surface area contributed by atoms with Crippen molar-refractivity contribution in [3.63, 3.8) is 0 Å². The zero-order chi connectivity index (χ0) is 12.2. The molecule has 2 N–H and O–H groups in total. The van der Waals surface area contributed by atoms with Crippen molar-refractivity contribution in [2.45, 2.75) is 20.1 Å². The van der Waals surface area contributed by atoms with E-state index in [0.717, 1.165) is 0 Å². The molecule has 17 heavy (non-hydrogen) atoms. The Hall–Kier alpha value is -2.11. The van der Waals surface area contributed by atoms with Gasteiger partial charge in [0.05, 0.1) is 7.11 Å². The first-order chi connectivity index (χ1) is 8.11. The van der Waals surface area contributed by atoms with Gasteiger partial charge in [-0.05, 0) is 6.92 Å². The van der Waals surface area contributed by atoms with Crippen molar-refractivity contribution >= 4 is 16.8 Å². The zero-order valence-corrected chi connectivity index (χ0v) is 9.70. The summed E-state index contributed by atoms with van der Waals surface area (Å²) < 4.78 is 16.2. The molecule has 6 heteroatoms. The lowest BCUT2D eigenvalue weighted by Gasteiger charge is -2.06. The molecule has 1 aliphatic rings. The highest BCUT2D eigenvalue weighted by molar-refractivity contribution is 5.96. The van der Waals surface area contributed by atoms with Crippen LogP contribution in [0.4, 0.5) is 5.69 Å². The zero-order valence-electron chi connectivity index (χ0n) is 9.70. The number of nitrogens with zero attached hydrogens (tertiary/aromatic N) is 1. The first kappa shape index (κ1) is 10.1. The molecule has 1 unspecified atom stereocenters. The average Bonchev–Trinajstić information content (AvgIpc) is 2.83. The Bertz CT molecular complexity index is 605. The quantitative estimate of drug-likeness (QED) is 0.788. The largest absolute Gasteiger partial charge is 0.503 e. The van der Waals surface area contributed by atoms with E-state index in [4.69, 9.17) is 13.9 Å². The Balaban J connectivity index is 2.40. The molecule has 1 atom stereocenters. The standard InChI is InChI=1S/C11H12N2O4/c1-4-12-6-8(14)9-7(13-5(2)16-9)10(15-3)11(6)17-4/h5,13-14H,1-3H3. The molecule has 0 bridgehead atoms. The summed E-state index contributed by atoms with van der Waals surface area (Å²) in [7, 11) is 1.54. The molecule has 1 aromatic carbocycles. The lowest BCUT2D eigenvalue weighted by molar-refractivity contribution is 0.264. The number of hydrogen-bond donors (Lipinski definition) is 2. The van der Waals surface area contributed by atoms with Crippen LogP contribution in [0.2, 0.25) is 0 Å². The van der Waals surface area contributed by atoms with Crippen LogP contribution in [0.1, 0.15) is 12.8 Å². The third-order valence-electron chi connectivity index (χ3n) is 2.68. The van der Waals surface area contributed by atoms with E-state index in [-0.39, 0.29) is 12.0 Å². The van der Waals surface area contributed by atoms with E-state index < -0.39 is 0 Å². The minimum absolute atomic E-state index is 0.0236. The number of nitrogens with one attached hydrogen (secondary N) is 1. The summed E-state index contributed by atoms with van der Waals surface area (Å²) in [6.45, 7) is 3.54. The second-order valence-electron chi connectivity index (χ2n) is 3.90. The van der Waals surface area contributed by atoms with Crippen LogP contribution in [-0.4, -0.2) is 23.4 Å². The van der Waals surface area contributed by atoms with Crippen LogP contribution in [0, 0.1) is 6.92 Å². The molecule has 90 valence electrons. The molecule has 1 aliphatic heterocycles. The molecule has 0 aliphatic carbocycles. The molecule has 0 fully saturated rings. The molecule has 6 nitrogen and oxygen atoms in total. The van der Waals surface area contributed by atoms with Gasteiger partial charge in [0, 0.05) is 6.92 Å². The van der Waals surface area contributed by atoms with Gasteiger partial charge in [-0.15, -0.1) is 0 Å². The lowest BCUT2D eigenvalue weighted by Crippen LogP contribution is -2.14. The predicted molar refractivity (Wildman–Crippen MR) is 60.7 cm³/mol. The smallest absolute Gasteiger partial charge is 0.202 e. The van der Waals surface area contributed by atoms with E-state index in [1.165, 1.54) is 7.11 Å². The van der Waals surface area contributed by atoms with Gasteiger partial charge in [-0.25, -0.2) is 4.98 Å². The maximum Gasteiger partial charge on any atom is 0.202 e. The number of aromatic nitrogens is 1. The summed E-state index contributed by atoms with van der Waals surface area (Å²) in [5, 5.41) is 13.1. The van der Waals surface area contributed by atoms with Crippen LogP contribution in [0.3, 0.4) is 0 Å². The normalized spacial score (nSPS) is 17.7. The van der Waals surface area contributed by atoms with Crippen LogP contribution in [-0.2, 0) is 0 Å². The minimum Gasteiger partial charge on any atom is -0.503 e. The van der Waals surface area contributed by atoms with E-state index in [2.05, 4.69) is 10.3 Å². The van der Waals surface area contributed by atoms with E-state index in [0.29, 0.717) is 34.2 Å². The van der Waals surface area contributed by atoms with Gasteiger partial charge in [0.15, 0.2) is 34.9 Å². The van der Waals surface area contributed by atoms with Crippen LogP contribution < -0.4 is 14.8 Å². The van der Waals surface area contributed by atoms with Crippen molar-refractivity contribution in [1.82, 2.24) is 4.98 Å².